The number of halogens is 1. The zero-order valence-corrected chi connectivity index (χ0v) is 24.1. The summed E-state index contributed by atoms with van der Waals surface area (Å²) in [6.45, 7) is 2.63. The summed E-state index contributed by atoms with van der Waals surface area (Å²) in [6, 6.07) is 37.3. The molecule has 1 saturated heterocycles. The van der Waals surface area contributed by atoms with Crippen molar-refractivity contribution >= 4 is 11.7 Å². The fourth-order valence-corrected chi connectivity index (χ4v) is 4.99. The molecule has 5 aromatic rings. The second-order valence-electron chi connectivity index (χ2n) is 10.4. The number of carbonyl (C=O) groups is 1. The van der Waals surface area contributed by atoms with Gasteiger partial charge in [-0.1, -0.05) is 84.9 Å². The van der Waals surface area contributed by atoms with Gasteiger partial charge in [0.1, 0.15) is 19.0 Å². The number of nitrogens with zero attached hydrogens (tertiary/aromatic N) is 3. The average molecular weight is 590 g/mol. The molecule has 0 unspecified atom stereocenters. The van der Waals surface area contributed by atoms with Crippen molar-refractivity contribution in [2.75, 3.05) is 31.1 Å². The average Bonchev–Trinajstić information content (AvgIpc) is 3.08. The lowest BCUT2D eigenvalue weighted by molar-refractivity contribution is -0.112. The summed E-state index contributed by atoms with van der Waals surface area (Å²) < 4.78 is 27.7. The van der Waals surface area contributed by atoms with Crippen molar-refractivity contribution in [2.24, 2.45) is 0 Å². The van der Waals surface area contributed by atoms with Gasteiger partial charge < -0.3 is 19.2 Å². The summed E-state index contributed by atoms with van der Waals surface area (Å²) in [5, 5.41) is 1.63. The highest BCUT2D eigenvalue weighted by Gasteiger charge is 2.23. The van der Waals surface area contributed by atoms with E-state index in [0.29, 0.717) is 73.5 Å². The normalized spacial score (nSPS) is 13.3. The predicted octanol–water partition coefficient (Wildman–Crippen LogP) is 6.94. The van der Waals surface area contributed by atoms with Gasteiger partial charge in [0.2, 0.25) is 11.8 Å². The molecule has 4 aromatic carbocycles. The van der Waals surface area contributed by atoms with E-state index in [2.05, 4.69) is 4.98 Å². The molecule has 1 aliphatic rings. The minimum Gasteiger partial charge on any atom is -0.473 e. The van der Waals surface area contributed by atoms with Crippen LogP contribution in [-0.4, -0.2) is 42.2 Å². The monoisotopic (exact) mass is 589 g/mol. The first-order valence-electron chi connectivity index (χ1n) is 14.5. The number of anilines is 1. The lowest BCUT2D eigenvalue weighted by Crippen LogP contribution is -2.47. The number of hydrogen-bond donors (Lipinski definition) is 0. The van der Waals surface area contributed by atoms with E-state index < -0.39 is 5.97 Å². The molecule has 44 heavy (non-hydrogen) atoms. The Labute approximate surface area is 256 Å². The first-order valence-corrected chi connectivity index (χ1v) is 14.5. The summed E-state index contributed by atoms with van der Waals surface area (Å²) in [6.07, 6.45) is 0. The van der Waals surface area contributed by atoms with Gasteiger partial charge in [-0.25, -0.2) is 9.18 Å². The first kappa shape index (κ1) is 28.9. The summed E-state index contributed by atoms with van der Waals surface area (Å²) in [7, 11) is 0. The van der Waals surface area contributed by atoms with E-state index in [0.717, 1.165) is 11.1 Å². The van der Waals surface area contributed by atoms with Crippen molar-refractivity contribution in [3.05, 3.63) is 144 Å². The topological polar surface area (TPSA) is 64.1 Å². The second kappa shape index (κ2) is 13.8. The first-order chi connectivity index (χ1) is 21.6. The van der Waals surface area contributed by atoms with E-state index in [1.807, 2.05) is 83.8 Å². The number of carbonyl (C=O) groups excluding carboxylic acids is 1. The van der Waals surface area contributed by atoms with Gasteiger partial charge in [-0.2, -0.15) is 4.98 Å². The Morgan fingerprint density at radius 3 is 1.95 bits per heavy atom. The summed E-state index contributed by atoms with van der Waals surface area (Å²) in [5.41, 5.74) is 4.31. The molecule has 222 valence electrons. The quantitative estimate of drug-likeness (QED) is 0.175. The van der Waals surface area contributed by atoms with Gasteiger partial charge in [0.05, 0.1) is 24.3 Å². The zero-order valence-electron chi connectivity index (χ0n) is 24.1. The van der Waals surface area contributed by atoms with Gasteiger partial charge in [-0.15, -0.1) is 5.06 Å². The van der Waals surface area contributed by atoms with Crippen LogP contribution in [0.2, 0.25) is 0 Å². The highest BCUT2D eigenvalue weighted by Crippen LogP contribution is 2.34. The Balaban J connectivity index is 1.15. The van der Waals surface area contributed by atoms with E-state index in [4.69, 9.17) is 14.3 Å². The van der Waals surface area contributed by atoms with Crippen LogP contribution in [0.15, 0.2) is 121 Å². The van der Waals surface area contributed by atoms with Crippen LogP contribution in [0, 0.1) is 5.82 Å². The van der Waals surface area contributed by atoms with E-state index in [1.165, 1.54) is 6.07 Å². The van der Waals surface area contributed by atoms with Crippen molar-refractivity contribution in [1.29, 1.82) is 0 Å². The lowest BCUT2D eigenvalue weighted by atomic mass is 10.1. The molecule has 7 nitrogen and oxygen atoms in total. The van der Waals surface area contributed by atoms with Crippen LogP contribution in [-0.2, 0) is 18.1 Å². The van der Waals surface area contributed by atoms with Crippen molar-refractivity contribution in [1.82, 2.24) is 10.0 Å². The maximum absolute atomic E-state index is 15.6. The van der Waals surface area contributed by atoms with Gasteiger partial charge in [0.15, 0.2) is 0 Å². The number of hydrogen-bond acceptors (Lipinski definition) is 7. The van der Waals surface area contributed by atoms with E-state index >= 15 is 4.39 Å². The molecule has 0 radical (unpaired) electrons. The van der Waals surface area contributed by atoms with Crippen molar-refractivity contribution in [3.8, 4) is 22.9 Å². The molecular formula is C36H32FN3O4. The molecule has 1 aromatic heterocycles. The Morgan fingerprint density at radius 1 is 0.705 bits per heavy atom. The highest BCUT2D eigenvalue weighted by atomic mass is 19.1. The second-order valence-corrected chi connectivity index (χ2v) is 10.4. The molecular weight excluding hydrogens is 557 g/mol. The molecule has 0 atom stereocenters. The van der Waals surface area contributed by atoms with Gasteiger partial charge in [-0.05, 0) is 47.0 Å². The third kappa shape index (κ3) is 7.22. The van der Waals surface area contributed by atoms with E-state index in [-0.39, 0.29) is 5.82 Å². The van der Waals surface area contributed by atoms with Crippen LogP contribution in [0.5, 0.6) is 11.8 Å². The smallest absolute Gasteiger partial charge is 0.357 e. The van der Waals surface area contributed by atoms with Gasteiger partial charge in [0, 0.05) is 24.7 Å². The van der Waals surface area contributed by atoms with Crippen LogP contribution < -0.4 is 14.4 Å². The van der Waals surface area contributed by atoms with E-state index in [1.54, 1.807) is 41.5 Å². The molecule has 0 saturated carbocycles. The fourth-order valence-electron chi connectivity index (χ4n) is 4.99. The zero-order chi connectivity index (χ0) is 30.1. The Morgan fingerprint density at radius 2 is 1.32 bits per heavy atom. The van der Waals surface area contributed by atoms with Gasteiger partial charge in [0.25, 0.3) is 0 Å². The summed E-state index contributed by atoms with van der Waals surface area (Å²) in [4.78, 5) is 24.5. The minimum atomic E-state index is -0.398. The number of hydroxylamine groups is 2. The predicted molar refractivity (Wildman–Crippen MR) is 167 cm³/mol. The van der Waals surface area contributed by atoms with Crippen LogP contribution in [0.3, 0.4) is 0 Å². The molecule has 6 rings (SSSR count). The fraction of sp³-hybridized carbons (Fsp3) is 0.167. The SMILES string of the molecule is O=C(ON1CCN(c2ccc(-c3ccc(OCc4ccccc4)nc3OCc3ccccc3)cc2F)CC1)c1ccccc1. The number of ether oxygens (including phenoxy) is 2. The number of rotatable bonds is 10. The van der Waals surface area contributed by atoms with Crippen molar-refractivity contribution in [3.63, 3.8) is 0 Å². The molecule has 2 heterocycles. The third-order valence-electron chi connectivity index (χ3n) is 7.34. The van der Waals surface area contributed by atoms with E-state index in [9.17, 15) is 4.79 Å². The molecule has 0 bridgehead atoms. The number of benzene rings is 4. The lowest BCUT2D eigenvalue weighted by Gasteiger charge is -2.35. The van der Waals surface area contributed by atoms with Gasteiger partial charge >= 0.3 is 5.97 Å². The molecule has 1 fully saturated rings. The van der Waals surface area contributed by atoms with Crippen molar-refractivity contribution < 1.29 is 23.5 Å². The maximum atomic E-state index is 15.6. The minimum absolute atomic E-state index is 0.308. The Kier molecular flexibility index (Phi) is 9.09. The summed E-state index contributed by atoms with van der Waals surface area (Å²) in [5.74, 6) is 0.0320. The Hall–Kier alpha value is -5.21. The van der Waals surface area contributed by atoms with Crippen LogP contribution in [0.4, 0.5) is 10.1 Å². The Bertz CT molecular complexity index is 1680. The van der Waals surface area contributed by atoms with Crippen LogP contribution in [0.1, 0.15) is 21.5 Å². The molecule has 1 aliphatic heterocycles. The molecule has 8 heteroatoms. The molecule has 0 amide bonds. The molecule has 0 spiro atoms. The standard InChI is InChI=1S/C36H32FN3O4/c37-32-24-30(16-18-33(32)39-20-22-40(23-21-39)44-36(41)29-14-8-3-9-15-29)31-17-19-34(42-25-27-10-4-1-5-11-27)38-35(31)43-26-28-12-6-2-7-13-28/h1-19,24H,20-23,25-26H2. The third-order valence-corrected chi connectivity index (χ3v) is 7.34. The largest absolute Gasteiger partial charge is 0.473 e. The number of aromatic nitrogens is 1. The molecule has 0 N–H and O–H groups in total. The maximum Gasteiger partial charge on any atom is 0.357 e. The van der Waals surface area contributed by atoms with Crippen LogP contribution in [0.25, 0.3) is 11.1 Å². The highest BCUT2D eigenvalue weighted by molar-refractivity contribution is 5.89. The van der Waals surface area contributed by atoms with Crippen LogP contribution >= 0.6 is 0 Å². The number of pyridine rings is 1. The van der Waals surface area contributed by atoms with Crippen molar-refractivity contribution in [2.45, 2.75) is 13.2 Å². The van der Waals surface area contributed by atoms with Gasteiger partial charge in [-0.3, -0.25) is 0 Å². The summed E-state index contributed by atoms with van der Waals surface area (Å²) >= 11 is 0. The molecule has 0 aliphatic carbocycles. The number of piperazine rings is 1.